The van der Waals surface area contributed by atoms with Gasteiger partial charge in [-0.3, -0.25) is 4.79 Å². The summed E-state index contributed by atoms with van der Waals surface area (Å²) in [6, 6.07) is 0.297. The topological polar surface area (TPSA) is 38.3 Å². The quantitative estimate of drug-likeness (QED) is 0.795. The number of nitrogens with one attached hydrogen (secondary N) is 1. The lowest BCUT2D eigenvalue weighted by atomic mass is 9.71. The molecule has 0 radical (unpaired) electrons. The Hall–Kier alpha value is -0.570. The summed E-state index contributed by atoms with van der Waals surface area (Å²) in [5, 5.41) is 3.50. The Morgan fingerprint density at radius 2 is 1.68 bits per heavy atom. The molecule has 1 N–H and O–H groups in total. The zero-order valence-corrected chi connectivity index (χ0v) is 13.5. The molecule has 1 atom stereocenters. The predicted molar refractivity (Wildman–Crippen MR) is 79.0 cm³/mol. The Balaban J connectivity index is 2.49. The van der Waals surface area contributed by atoms with E-state index in [0.29, 0.717) is 11.5 Å². The average Bonchev–Trinajstić information content (AvgIpc) is 2.34. The number of hydrogen-bond donors (Lipinski definition) is 1. The van der Waals surface area contributed by atoms with Crippen LogP contribution in [-0.4, -0.2) is 25.2 Å². The maximum atomic E-state index is 11.8. The second-order valence-electron chi connectivity index (χ2n) is 7.33. The number of esters is 1. The van der Waals surface area contributed by atoms with Crippen molar-refractivity contribution in [2.24, 2.45) is 17.3 Å². The molecule has 19 heavy (non-hydrogen) atoms. The zero-order chi connectivity index (χ0) is 14.6. The summed E-state index contributed by atoms with van der Waals surface area (Å²) < 4.78 is 4.89. The largest absolute Gasteiger partial charge is 0.468 e. The Bertz CT molecular complexity index is 286. The molecule has 0 aromatic carbocycles. The number of carbonyl (C=O) groups excluding carboxylic acids is 1. The van der Waals surface area contributed by atoms with Gasteiger partial charge in [-0.2, -0.15) is 0 Å². The Morgan fingerprint density at radius 3 is 2.05 bits per heavy atom. The fourth-order valence-corrected chi connectivity index (χ4v) is 3.04. The van der Waals surface area contributed by atoms with Crippen LogP contribution in [0.5, 0.6) is 0 Å². The number of methoxy groups -OCH3 is 1. The van der Waals surface area contributed by atoms with Crippen molar-refractivity contribution in [3.05, 3.63) is 0 Å². The SMILES string of the molecule is COC(=O)[C@@H](NC1CCC(C(C)(C)C)CC1)C(C)C. The number of rotatable bonds is 4. The highest BCUT2D eigenvalue weighted by Crippen LogP contribution is 2.37. The maximum absolute atomic E-state index is 11.8. The molecular formula is C16H31NO2. The fourth-order valence-electron chi connectivity index (χ4n) is 3.04. The van der Waals surface area contributed by atoms with E-state index in [0.717, 1.165) is 5.92 Å². The Morgan fingerprint density at radius 1 is 1.16 bits per heavy atom. The van der Waals surface area contributed by atoms with E-state index in [4.69, 9.17) is 4.74 Å². The molecule has 3 nitrogen and oxygen atoms in total. The van der Waals surface area contributed by atoms with Gasteiger partial charge in [0.15, 0.2) is 0 Å². The number of hydrogen-bond acceptors (Lipinski definition) is 3. The second kappa shape index (κ2) is 6.74. The smallest absolute Gasteiger partial charge is 0.323 e. The highest BCUT2D eigenvalue weighted by molar-refractivity contribution is 5.75. The zero-order valence-electron chi connectivity index (χ0n) is 13.5. The van der Waals surface area contributed by atoms with E-state index in [1.54, 1.807) is 0 Å². The van der Waals surface area contributed by atoms with E-state index in [1.807, 2.05) is 0 Å². The van der Waals surface area contributed by atoms with Crippen LogP contribution in [0.15, 0.2) is 0 Å². The fraction of sp³-hybridized carbons (Fsp3) is 0.938. The van der Waals surface area contributed by atoms with Gasteiger partial charge in [-0.25, -0.2) is 0 Å². The summed E-state index contributed by atoms with van der Waals surface area (Å²) in [6.07, 6.45) is 4.85. The van der Waals surface area contributed by atoms with Crippen molar-refractivity contribution >= 4 is 5.97 Å². The van der Waals surface area contributed by atoms with E-state index in [1.165, 1.54) is 32.8 Å². The molecule has 0 spiro atoms. The first kappa shape index (κ1) is 16.5. The van der Waals surface area contributed by atoms with Gasteiger partial charge in [0.2, 0.25) is 0 Å². The van der Waals surface area contributed by atoms with Gasteiger partial charge < -0.3 is 10.1 Å². The van der Waals surface area contributed by atoms with Crippen molar-refractivity contribution in [3.8, 4) is 0 Å². The third-order valence-electron chi connectivity index (χ3n) is 4.49. The first-order chi connectivity index (χ1) is 8.75. The average molecular weight is 269 g/mol. The molecule has 0 bridgehead atoms. The molecule has 0 aromatic heterocycles. The van der Waals surface area contributed by atoms with E-state index < -0.39 is 0 Å². The molecule has 0 saturated heterocycles. The molecule has 1 aliphatic carbocycles. The summed E-state index contributed by atoms with van der Waals surface area (Å²) in [7, 11) is 1.47. The summed E-state index contributed by atoms with van der Waals surface area (Å²) in [5.41, 5.74) is 0.408. The van der Waals surface area contributed by atoms with Crippen LogP contribution < -0.4 is 5.32 Å². The molecule has 0 unspecified atom stereocenters. The minimum Gasteiger partial charge on any atom is -0.468 e. The van der Waals surface area contributed by atoms with Gasteiger partial charge in [0.25, 0.3) is 0 Å². The van der Waals surface area contributed by atoms with Crippen LogP contribution >= 0.6 is 0 Å². The molecule has 0 heterocycles. The Kier molecular flexibility index (Phi) is 5.84. The van der Waals surface area contributed by atoms with Gasteiger partial charge in [0.1, 0.15) is 6.04 Å². The van der Waals surface area contributed by atoms with E-state index in [9.17, 15) is 4.79 Å². The maximum Gasteiger partial charge on any atom is 0.323 e. The van der Waals surface area contributed by atoms with Crippen molar-refractivity contribution < 1.29 is 9.53 Å². The third-order valence-corrected chi connectivity index (χ3v) is 4.49. The molecule has 1 saturated carbocycles. The van der Waals surface area contributed by atoms with Gasteiger partial charge in [0, 0.05) is 6.04 Å². The lowest BCUT2D eigenvalue weighted by molar-refractivity contribution is -0.144. The van der Waals surface area contributed by atoms with Gasteiger partial charge in [-0.05, 0) is 42.9 Å². The summed E-state index contributed by atoms with van der Waals surface area (Å²) in [4.78, 5) is 11.8. The molecule has 1 fully saturated rings. The molecule has 1 aliphatic rings. The van der Waals surface area contributed by atoms with Crippen LogP contribution in [0.1, 0.15) is 60.3 Å². The van der Waals surface area contributed by atoms with Crippen LogP contribution in [0.4, 0.5) is 0 Å². The van der Waals surface area contributed by atoms with Crippen molar-refractivity contribution in [1.82, 2.24) is 5.32 Å². The van der Waals surface area contributed by atoms with Gasteiger partial charge in [-0.1, -0.05) is 34.6 Å². The second-order valence-corrected chi connectivity index (χ2v) is 7.33. The monoisotopic (exact) mass is 269 g/mol. The van der Waals surface area contributed by atoms with Gasteiger partial charge >= 0.3 is 5.97 Å². The summed E-state index contributed by atoms with van der Waals surface area (Å²) >= 11 is 0. The highest BCUT2D eigenvalue weighted by atomic mass is 16.5. The van der Waals surface area contributed by atoms with Crippen LogP contribution in [0.2, 0.25) is 0 Å². The summed E-state index contributed by atoms with van der Waals surface area (Å²) in [5.74, 6) is 0.946. The highest BCUT2D eigenvalue weighted by Gasteiger charge is 2.32. The molecule has 0 amide bonds. The van der Waals surface area contributed by atoms with Crippen LogP contribution in [-0.2, 0) is 9.53 Å². The summed E-state index contributed by atoms with van der Waals surface area (Å²) in [6.45, 7) is 11.1. The van der Waals surface area contributed by atoms with Crippen LogP contribution in [0.3, 0.4) is 0 Å². The molecule has 0 aromatic rings. The first-order valence-electron chi connectivity index (χ1n) is 7.59. The van der Waals surface area contributed by atoms with E-state index in [-0.39, 0.29) is 17.9 Å². The number of ether oxygens (including phenoxy) is 1. The van der Waals surface area contributed by atoms with Crippen LogP contribution in [0, 0.1) is 17.3 Å². The first-order valence-corrected chi connectivity index (χ1v) is 7.59. The van der Waals surface area contributed by atoms with E-state index in [2.05, 4.69) is 39.9 Å². The molecule has 1 rings (SSSR count). The van der Waals surface area contributed by atoms with Crippen LogP contribution in [0.25, 0.3) is 0 Å². The van der Waals surface area contributed by atoms with Crippen molar-refractivity contribution in [1.29, 1.82) is 0 Å². The number of carbonyl (C=O) groups is 1. The van der Waals surface area contributed by atoms with Crippen molar-refractivity contribution in [3.63, 3.8) is 0 Å². The lowest BCUT2D eigenvalue weighted by Crippen LogP contribution is -2.48. The molecule has 0 aliphatic heterocycles. The van der Waals surface area contributed by atoms with Crippen molar-refractivity contribution in [2.75, 3.05) is 7.11 Å². The standard InChI is InChI=1S/C16H31NO2/c1-11(2)14(15(18)19-6)17-13-9-7-12(8-10-13)16(3,4)5/h11-14,17H,7-10H2,1-6H3/t12?,13?,14-/m0/s1. The van der Waals surface area contributed by atoms with Gasteiger partial charge in [0.05, 0.1) is 7.11 Å². The minimum absolute atomic E-state index is 0.132. The predicted octanol–water partition coefficient (Wildman–Crippen LogP) is 3.38. The lowest BCUT2D eigenvalue weighted by Gasteiger charge is -2.38. The normalized spacial score (nSPS) is 26.3. The minimum atomic E-state index is -0.166. The Labute approximate surface area is 118 Å². The molecule has 112 valence electrons. The van der Waals surface area contributed by atoms with E-state index >= 15 is 0 Å². The van der Waals surface area contributed by atoms with Crippen molar-refractivity contribution in [2.45, 2.75) is 72.4 Å². The van der Waals surface area contributed by atoms with Gasteiger partial charge in [-0.15, -0.1) is 0 Å². The third kappa shape index (κ3) is 4.79. The molecule has 3 heteroatoms. The molecular weight excluding hydrogens is 238 g/mol.